The minimum absolute atomic E-state index is 0.265. The molecule has 3 heterocycles. The third-order valence-electron chi connectivity index (χ3n) is 4.16. The van der Waals surface area contributed by atoms with E-state index < -0.39 is 10.7 Å². The molecule has 4 rings (SSSR count). The Morgan fingerprint density at radius 1 is 1.21 bits per heavy atom. The van der Waals surface area contributed by atoms with Crippen LogP contribution in [0.1, 0.15) is 12.5 Å². The van der Waals surface area contributed by atoms with Crippen LogP contribution in [-0.2, 0) is 6.54 Å². The summed E-state index contributed by atoms with van der Waals surface area (Å²) in [5.74, 6) is 0.807. The van der Waals surface area contributed by atoms with E-state index in [-0.39, 0.29) is 5.82 Å². The minimum Gasteiger partial charge on any atom is -0.482 e. The number of halogens is 1. The first-order valence-electron chi connectivity index (χ1n) is 8.63. The summed E-state index contributed by atoms with van der Waals surface area (Å²) in [5.41, 5.74) is 1.62. The number of methoxy groups -OCH3 is 1. The topological polar surface area (TPSA) is 69.3 Å². The molecule has 0 saturated carbocycles. The molecule has 144 valence electrons. The van der Waals surface area contributed by atoms with E-state index in [4.69, 9.17) is 4.74 Å². The number of rotatable bonds is 6. The summed E-state index contributed by atoms with van der Waals surface area (Å²) in [4.78, 5) is 0.566. The van der Waals surface area contributed by atoms with Gasteiger partial charge in [-0.15, -0.1) is 10.2 Å². The smallest absolute Gasteiger partial charge is 0.241 e. The molecule has 1 N–H and O–H groups in total. The average Bonchev–Trinajstić information content (AvgIpc) is 3.36. The summed E-state index contributed by atoms with van der Waals surface area (Å²) < 4.78 is 26.7. The number of benzene rings is 1. The number of anilines is 1. The van der Waals surface area contributed by atoms with Gasteiger partial charge in [-0.2, -0.15) is 5.10 Å². The van der Waals surface area contributed by atoms with E-state index in [1.54, 1.807) is 29.8 Å². The maximum atomic E-state index is 14.2. The normalized spacial score (nSPS) is 12.4. The molecule has 7 nitrogen and oxygen atoms in total. The molecular weight excluding hydrogens is 379 g/mol. The Morgan fingerprint density at radius 3 is 2.79 bits per heavy atom. The molecule has 0 spiro atoms. The Hall–Kier alpha value is -3.20. The highest BCUT2D eigenvalue weighted by atomic mass is 32.2. The van der Waals surface area contributed by atoms with E-state index in [2.05, 4.69) is 20.0 Å². The Balaban J connectivity index is 1.71. The van der Waals surface area contributed by atoms with E-state index in [1.807, 2.05) is 47.4 Å². The van der Waals surface area contributed by atoms with E-state index in [0.29, 0.717) is 28.9 Å². The van der Waals surface area contributed by atoms with Crippen LogP contribution in [-0.4, -0.2) is 36.9 Å². The summed E-state index contributed by atoms with van der Waals surface area (Å²) in [5, 5.41) is 14.6. The van der Waals surface area contributed by atoms with Gasteiger partial charge in [0.25, 0.3) is 0 Å². The SMILES string of the molecule is C/C=S(/Nc1nnc2cc(Cn3cccn3)cc(OC)n12)c1ccccc1F. The molecule has 0 aliphatic carbocycles. The predicted molar refractivity (Wildman–Crippen MR) is 108 cm³/mol. The Labute approximate surface area is 163 Å². The molecule has 28 heavy (non-hydrogen) atoms. The monoisotopic (exact) mass is 398 g/mol. The van der Waals surface area contributed by atoms with Crippen LogP contribution in [0.3, 0.4) is 0 Å². The number of ether oxygens (including phenoxy) is 1. The van der Waals surface area contributed by atoms with Crippen molar-refractivity contribution in [1.29, 1.82) is 0 Å². The van der Waals surface area contributed by atoms with Gasteiger partial charge in [-0.25, -0.2) is 8.79 Å². The van der Waals surface area contributed by atoms with Gasteiger partial charge in [0.2, 0.25) is 11.8 Å². The first kappa shape index (κ1) is 18.2. The van der Waals surface area contributed by atoms with Crippen molar-refractivity contribution in [2.45, 2.75) is 18.4 Å². The van der Waals surface area contributed by atoms with Gasteiger partial charge in [0.05, 0.1) is 18.6 Å². The van der Waals surface area contributed by atoms with E-state index in [0.717, 1.165) is 5.56 Å². The quantitative estimate of drug-likeness (QED) is 0.503. The fourth-order valence-electron chi connectivity index (χ4n) is 2.89. The van der Waals surface area contributed by atoms with E-state index >= 15 is 0 Å². The summed E-state index contributed by atoms with van der Waals surface area (Å²) in [6.45, 7) is 2.48. The van der Waals surface area contributed by atoms with Gasteiger partial charge < -0.3 is 4.74 Å². The summed E-state index contributed by atoms with van der Waals surface area (Å²) in [6.07, 6.45) is 3.63. The van der Waals surface area contributed by atoms with Gasteiger partial charge in [-0.3, -0.25) is 9.40 Å². The number of fused-ring (bicyclic) bond motifs is 1. The van der Waals surface area contributed by atoms with Gasteiger partial charge in [0.1, 0.15) is 5.82 Å². The minimum atomic E-state index is -0.676. The van der Waals surface area contributed by atoms with E-state index in [9.17, 15) is 4.39 Å². The van der Waals surface area contributed by atoms with Crippen molar-refractivity contribution >= 4 is 27.6 Å². The Bertz CT molecular complexity index is 1140. The van der Waals surface area contributed by atoms with Crippen molar-refractivity contribution in [3.8, 4) is 5.88 Å². The summed E-state index contributed by atoms with van der Waals surface area (Å²) >= 11 is 0. The molecule has 1 atom stereocenters. The number of hydrogen-bond acceptors (Lipinski definition) is 5. The lowest BCUT2D eigenvalue weighted by molar-refractivity contribution is 0.392. The molecule has 0 aliphatic rings. The highest BCUT2D eigenvalue weighted by molar-refractivity contribution is 8.16. The predicted octanol–water partition coefficient (Wildman–Crippen LogP) is 3.60. The van der Waals surface area contributed by atoms with Gasteiger partial charge in [-0.1, -0.05) is 22.8 Å². The van der Waals surface area contributed by atoms with Gasteiger partial charge in [0.15, 0.2) is 5.65 Å². The zero-order valence-corrected chi connectivity index (χ0v) is 16.2. The number of hydrogen-bond donors (Lipinski definition) is 1. The molecule has 0 radical (unpaired) electrons. The van der Waals surface area contributed by atoms with Crippen LogP contribution in [0.25, 0.3) is 5.65 Å². The van der Waals surface area contributed by atoms with Crippen molar-refractivity contribution in [2.24, 2.45) is 0 Å². The Morgan fingerprint density at radius 2 is 2.07 bits per heavy atom. The molecule has 1 aromatic carbocycles. The van der Waals surface area contributed by atoms with Gasteiger partial charge >= 0.3 is 0 Å². The summed E-state index contributed by atoms with van der Waals surface area (Å²) in [6, 6.07) is 12.4. The largest absolute Gasteiger partial charge is 0.482 e. The molecule has 0 saturated heterocycles. The molecule has 0 aliphatic heterocycles. The van der Waals surface area contributed by atoms with Crippen LogP contribution in [0.2, 0.25) is 0 Å². The molecular formula is C19H19FN6OS. The van der Waals surface area contributed by atoms with Crippen molar-refractivity contribution in [2.75, 3.05) is 11.8 Å². The van der Waals surface area contributed by atoms with Crippen LogP contribution in [0.5, 0.6) is 5.88 Å². The summed E-state index contributed by atoms with van der Waals surface area (Å²) in [7, 11) is 0.920. The molecule has 9 heteroatoms. The molecule has 3 aromatic heterocycles. The maximum Gasteiger partial charge on any atom is 0.241 e. The molecule has 4 aromatic rings. The zero-order valence-electron chi connectivity index (χ0n) is 15.4. The van der Waals surface area contributed by atoms with Crippen LogP contribution >= 0.6 is 10.7 Å². The first-order valence-corrected chi connectivity index (χ1v) is 9.91. The second-order valence-corrected chi connectivity index (χ2v) is 7.72. The van der Waals surface area contributed by atoms with Crippen molar-refractivity contribution in [3.63, 3.8) is 0 Å². The number of pyridine rings is 1. The second-order valence-electron chi connectivity index (χ2n) is 5.93. The van der Waals surface area contributed by atoms with Crippen LogP contribution in [0.15, 0.2) is 59.8 Å². The standard InChI is InChI=1S/C19H19FN6OS/c1-3-28(16-8-5-4-7-15(16)20)24-19-23-22-17-11-14(12-18(27-2)26(17)19)13-25-10-6-9-21-25/h3-12H,13H2,1-2H3,(H,23,24). The number of nitrogens with zero attached hydrogens (tertiary/aromatic N) is 5. The second kappa shape index (κ2) is 7.81. The van der Waals surface area contributed by atoms with Crippen LogP contribution < -0.4 is 9.46 Å². The zero-order chi connectivity index (χ0) is 19.5. The lowest BCUT2D eigenvalue weighted by Crippen LogP contribution is -2.05. The number of nitrogens with one attached hydrogen (secondary N) is 1. The molecule has 0 bridgehead atoms. The highest BCUT2D eigenvalue weighted by Gasteiger charge is 2.15. The molecule has 0 fully saturated rings. The lowest BCUT2D eigenvalue weighted by atomic mass is 10.2. The average molecular weight is 398 g/mol. The Kier molecular flexibility index (Phi) is 5.07. The highest BCUT2D eigenvalue weighted by Crippen LogP contribution is 2.31. The number of aromatic nitrogens is 5. The van der Waals surface area contributed by atoms with Crippen LogP contribution in [0, 0.1) is 5.82 Å². The first-order chi connectivity index (χ1) is 13.7. The fourth-order valence-corrected chi connectivity index (χ4v) is 4.20. The maximum absolute atomic E-state index is 14.2. The van der Waals surface area contributed by atoms with Crippen molar-refractivity contribution in [3.05, 3.63) is 66.2 Å². The van der Waals surface area contributed by atoms with Gasteiger partial charge in [0, 0.05) is 18.5 Å². The van der Waals surface area contributed by atoms with Crippen molar-refractivity contribution in [1.82, 2.24) is 24.4 Å². The van der Waals surface area contributed by atoms with Crippen molar-refractivity contribution < 1.29 is 9.13 Å². The van der Waals surface area contributed by atoms with Gasteiger partial charge in [-0.05, 0) is 42.1 Å². The molecule has 0 amide bonds. The third-order valence-corrected chi connectivity index (χ3v) is 5.83. The lowest BCUT2D eigenvalue weighted by Gasteiger charge is -2.13. The van der Waals surface area contributed by atoms with E-state index in [1.165, 1.54) is 6.07 Å². The fraction of sp³-hybridized carbons (Fsp3) is 0.158. The third kappa shape index (κ3) is 3.48. The van der Waals surface area contributed by atoms with Crippen LogP contribution in [0.4, 0.5) is 10.3 Å². The molecule has 1 unspecified atom stereocenters.